The van der Waals surface area contributed by atoms with Gasteiger partial charge >= 0.3 is 0 Å². The minimum absolute atomic E-state index is 0.295. The first kappa shape index (κ1) is 13.7. The summed E-state index contributed by atoms with van der Waals surface area (Å²) in [4.78, 5) is 0. The Morgan fingerprint density at radius 3 is 2.52 bits per heavy atom. The van der Waals surface area contributed by atoms with E-state index in [2.05, 4.69) is 5.32 Å². The Morgan fingerprint density at radius 1 is 1.00 bits per heavy atom. The minimum Gasteiger partial charge on any atom is -0.381 e. The summed E-state index contributed by atoms with van der Waals surface area (Å²) in [5.74, 6) is -0.295. The van der Waals surface area contributed by atoms with Crippen LogP contribution in [0.1, 0.15) is 5.56 Å². The van der Waals surface area contributed by atoms with Gasteiger partial charge in [0.15, 0.2) is 0 Å². The molecule has 0 aliphatic rings. The third-order valence-corrected chi connectivity index (χ3v) is 3.63. The lowest BCUT2D eigenvalue weighted by molar-refractivity contribution is 0.613. The second-order valence-electron chi connectivity index (χ2n) is 4.69. The van der Waals surface area contributed by atoms with Crippen LogP contribution >= 0.6 is 11.6 Å². The number of hydrogen-bond donors (Lipinski definition) is 1. The Hall–Kier alpha value is -2.26. The molecule has 0 radical (unpaired) electrons. The van der Waals surface area contributed by atoms with Crippen molar-refractivity contribution in [2.24, 2.45) is 0 Å². The first-order valence-electron chi connectivity index (χ1n) is 6.64. The lowest BCUT2D eigenvalue weighted by Crippen LogP contribution is -2.03. The maximum Gasteiger partial charge on any atom is 0.129 e. The van der Waals surface area contributed by atoms with Gasteiger partial charge in [-0.25, -0.2) is 4.39 Å². The van der Waals surface area contributed by atoms with E-state index in [1.165, 1.54) is 6.07 Å². The summed E-state index contributed by atoms with van der Waals surface area (Å²) in [5.41, 5.74) is 2.44. The Balaban J connectivity index is 1.78. The van der Waals surface area contributed by atoms with Crippen molar-refractivity contribution >= 4 is 17.3 Å². The molecule has 0 fully saturated rings. The van der Waals surface area contributed by atoms with Gasteiger partial charge in [-0.05, 0) is 42.5 Å². The molecule has 1 aromatic heterocycles. The third-order valence-electron chi connectivity index (χ3n) is 3.28. The molecule has 0 amide bonds. The highest BCUT2D eigenvalue weighted by molar-refractivity contribution is 6.31. The van der Waals surface area contributed by atoms with E-state index in [0.29, 0.717) is 17.1 Å². The monoisotopic (exact) mass is 300 g/mol. The van der Waals surface area contributed by atoms with Crippen LogP contribution in [0.15, 0.2) is 67.0 Å². The van der Waals surface area contributed by atoms with Gasteiger partial charge in [0.25, 0.3) is 0 Å². The van der Waals surface area contributed by atoms with E-state index in [-0.39, 0.29) is 5.82 Å². The molecule has 0 atom stereocenters. The van der Waals surface area contributed by atoms with Gasteiger partial charge in [-0.2, -0.15) is 0 Å². The topological polar surface area (TPSA) is 17.0 Å². The van der Waals surface area contributed by atoms with Gasteiger partial charge in [-0.15, -0.1) is 0 Å². The molecule has 4 heteroatoms. The third kappa shape index (κ3) is 3.09. The number of nitrogens with one attached hydrogen (secondary N) is 1. The van der Waals surface area contributed by atoms with Crippen molar-refractivity contribution in [2.45, 2.75) is 6.54 Å². The van der Waals surface area contributed by atoms with Crippen LogP contribution in [0.3, 0.4) is 0 Å². The standard InChI is InChI=1S/C17H14ClFN2/c18-16-7-4-8-17(19)15(16)12-20-13-5-3-6-14(11-13)21-9-1-2-10-21/h1-11,20H,12H2. The van der Waals surface area contributed by atoms with E-state index in [0.717, 1.165) is 11.4 Å². The summed E-state index contributed by atoms with van der Waals surface area (Å²) in [6.07, 6.45) is 3.96. The zero-order chi connectivity index (χ0) is 14.7. The molecule has 3 rings (SSSR count). The van der Waals surface area contributed by atoms with E-state index in [9.17, 15) is 4.39 Å². The molecule has 0 saturated heterocycles. The maximum atomic E-state index is 13.7. The molecule has 106 valence electrons. The maximum absolute atomic E-state index is 13.7. The van der Waals surface area contributed by atoms with Crippen LogP contribution in [0.4, 0.5) is 10.1 Å². The Kier molecular flexibility index (Phi) is 3.93. The normalized spacial score (nSPS) is 10.6. The van der Waals surface area contributed by atoms with Gasteiger partial charge < -0.3 is 9.88 Å². The second kappa shape index (κ2) is 6.02. The summed E-state index contributed by atoms with van der Waals surface area (Å²) < 4.78 is 15.7. The van der Waals surface area contributed by atoms with E-state index in [1.54, 1.807) is 12.1 Å². The highest BCUT2D eigenvalue weighted by Gasteiger charge is 2.06. The summed E-state index contributed by atoms with van der Waals surface area (Å²) in [6.45, 7) is 0.348. The SMILES string of the molecule is Fc1cccc(Cl)c1CNc1cccc(-n2cccc2)c1. The van der Waals surface area contributed by atoms with Crippen molar-refractivity contribution < 1.29 is 4.39 Å². The number of nitrogens with zero attached hydrogens (tertiary/aromatic N) is 1. The second-order valence-corrected chi connectivity index (χ2v) is 5.10. The van der Waals surface area contributed by atoms with Crippen molar-refractivity contribution in [1.29, 1.82) is 0 Å². The quantitative estimate of drug-likeness (QED) is 0.726. The molecule has 1 heterocycles. The summed E-state index contributed by atoms with van der Waals surface area (Å²) in [6, 6.07) is 16.6. The molecule has 0 bridgehead atoms. The van der Waals surface area contributed by atoms with Crippen molar-refractivity contribution in [3.05, 3.63) is 83.4 Å². The van der Waals surface area contributed by atoms with Crippen LogP contribution in [0.25, 0.3) is 5.69 Å². The predicted octanol–water partition coefficient (Wildman–Crippen LogP) is 4.88. The van der Waals surface area contributed by atoms with Gasteiger partial charge in [0.05, 0.1) is 0 Å². The molecule has 1 N–H and O–H groups in total. The van der Waals surface area contributed by atoms with Crippen LogP contribution in [0.5, 0.6) is 0 Å². The Labute approximate surface area is 127 Å². The number of rotatable bonds is 4. The Bertz CT molecular complexity index is 718. The average Bonchev–Trinajstić information content (AvgIpc) is 3.01. The van der Waals surface area contributed by atoms with Gasteiger partial charge in [0.1, 0.15) is 5.82 Å². The van der Waals surface area contributed by atoms with E-state index >= 15 is 0 Å². The smallest absolute Gasteiger partial charge is 0.129 e. The molecule has 0 spiro atoms. The molecule has 2 aromatic carbocycles. The van der Waals surface area contributed by atoms with Crippen LogP contribution in [-0.2, 0) is 6.54 Å². The molecule has 3 aromatic rings. The number of anilines is 1. The highest BCUT2D eigenvalue weighted by Crippen LogP contribution is 2.21. The lowest BCUT2D eigenvalue weighted by atomic mass is 10.2. The molecule has 21 heavy (non-hydrogen) atoms. The molecule has 2 nitrogen and oxygen atoms in total. The van der Waals surface area contributed by atoms with Gasteiger partial charge in [0.2, 0.25) is 0 Å². The van der Waals surface area contributed by atoms with Crippen LogP contribution < -0.4 is 5.32 Å². The number of hydrogen-bond acceptors (Lipinski definition) is 1. The van der Waals surface area contributed by atoms with Gasteiger partial charge in [-0.1, -0.05) is 23.7 Å². The van der Waals surface area contributed by atoms with Gasteiger partial charge in [0, 0.05) is 40.9 Å². The van der Waals surface area contributed by atoms with Crippen LogP contribution in [0, 0.1) is 5.82 Å². The molecular formula is C17H14ClFN2. The number of halogens is 2. The highest BCUT2D eigenvalue weighted by atomic mass is 35.5. The predicted molar refractivity (Wildman–Crippen MR) is 84.5 cm³/mol. The molecule has 0 saturated carbocycles. The lowest BCUT2D eigenvalue weighted by Gasteiger charge is -2.11. The number of aromatic nitrogens is 1. The molecule has 0 unspecified atom stereocenters. The molecular weight excluding hydrogens is 287 g/mol. The average molecular weight is 301 g/mol. The minimum atomic E-state index is -0.295. The molecule has 0 aliphatic carbocycles. The zero-order valence-electron chi connectivity index (χ0n) is 11.3. The van der Waals surface area contributed by atoms with E-state index < -0.39 is 0 Å². The van der Waals surface area contributed by atoms with Gasteiger partial charge in [-0.3, -0.25) is 0 Å². The van der Waals surface area contributed by atoms with E-state index in [4.69, 9.17) is 11.6 Å². The first-order chi connectivity index (χ1) is 10.2. The van der Waals surface area contributed by atoms with Crippen LogP contribution in [0.2, 0.25) is 5.02 Å². The van der Waals surface area contributed by atoms with Crippen LogP contribution in [-0.4, -0.2) is 4.57 Å². The van der Waals surface area contributed by atoms with Crippen molar-refractivity contribution in [2.75, 3.05) is 5.32 Å². The fraction of sp³-hybridized carbons (Fsp3) is 0.0588. The van der Waals surface area contributed by atoms with Crippen molar-refractivity contribution in [3.63, 3.8) is 0 Å². The fourth-order valence-electron chi connectivity index (χ4n) is 2.17. The zero-order valence-corrected chi connectivity index (χ0v) is 12.0. The largest absolute Gasteiger partial charge is 0.381 e. The van der Waals surface area contributed by atoms with Crippen molar-refractivity contribution in [3.8, 4) is 5.69 Å². The fourth-order valence-corrected chi connectivity index (χ4v) is 2.40. The van der Waals surface area contributed by atoms with Crippen molar-refractivity contribution in [1.82, 2.24) is 4.57 Å². The summed E-state index contributed by atoms with van der Waals surface area (Å²) in [5, 5.41) is 3.64. The number of benzene rings is 2. The van der Waals surface area contributed by atoms with E-state index in [1.807, 2.05) is 53.4 Å². The summed E-state index contributed by atoms with van der Waals surface area (Å²) in [7, 11) is 0. The first-order valence-corrected chi connectivity index (χ1v) is 7.02. The Morgan fingerprint density at radius 2 is 1.76 bits per heavy atom. The molecule has 0 aliphatic heterocycles. The summed E-state index contributed by atoms with van der Waals surface area (Å²) >= 11 is 6.02.